The fourth-order valence-electron chi connectivity index (χ4n) is 6.82. The predicted molar refractivity (Wildman–Crippen MR) is 153 cm³/mol. The van der Waals surface area contributed by atoms with Gasteiger partial charge >= 0.3 is 12.1 Å². The van der Waals surface area contributed by atoms with E-state index in [9.17, 15) is 22.8 Å². The van der Waals surface area contributed by atoms with Gasteiger partial charge in [0.1, 0.15) is 11.5 Å². The molecule has 43 heavy (non-hydrogen) atoms. The van der Waals surface area contributed by atoms with Gasteiger partial charge in [-0.15, -0.1) is 0 Å². The van der Waals surface area contributed by atoms with E-state index in [2.05, 4.69) is 17.4 Å². The molecule has 3 fully saturated rings. The van der Waals surface area contributed by atoms with E-state index in [0.29, 0.717) is 40.2 Å². The zero-order valence-corrected chi connectivity index (χ0v) is 24.6. The van der Waals surface area contributed by atoms with Crippen molar-refractivity contribution in [2.45, 2.75) is 63.8 Å². The van der Waals surface area contributed by atoms with Crippen LogP contribution in [0.1, 0.15) is 72.2 Å². The highest BCUT2D eigenvalue weighted by Crippen LogP contribution is 2.52. The number of nitrogens with one attached hydrogen (secondary N) is 1. The molecule has 7 nitrogen and oxygen atoms in total. The van der Waals surface area contributed by atoms with Crippen LogP contribution in [0.2, 0.25) is 10.0 Å². The van der Waals surface area contributed by atoms with Gasteiger partial charge < -0.3 is 19.7 Å². The lowest BCUT2D eigenvalue weighted by Crippen LogP contribution is -2.33. The molecule has 4 unspecified atom stereocenters. The normalized spacial score (nSPS) is 25.1. The molecule has 0 saturated heterocycles. The first-order chi connectivity index (χ1) is 20.4. The fraction of sp³-hybridized carbons (Fsp3) is 0.452. The molecule has 6 rings (SSSR count). The molecule has 2 N–H and O–H groups in total. The van der Waals surface area contributed by atoms with Crippen molar-refractivity contribution < 1.29 is 37.1 Å². The molecule has 228 valence electrons. The summed E-state index contributed by atoms with van der Waals surface area (Å²) in [5.74, 6) is -0.978. The van der Waals surface area contributed by atoms with E-state index in [1.165, 1.54) is 6.07 Å². The molecule has 5 atom stereocenters. The molecule has 2 aromatic carbocycles. The average Bonchev–Trinajstić information content (AvgIpc) is 3.68. The van der Waals surface area contributed by atoms with Crippen molar-refractivity contribution in [1.82, 2.24) is 5.16 Å². The van der Waals surface area contributed by atoms with Gasteiger partial charge in [-0.3, -0.25) is 4.79 Å². The Bertz CT molecular complexity index is 1550. The summed E-state index contributed by atoms with van der Waals surface area (Å²) in [5.41, 5.74) is -0.277. The van der Waals surface area contributed by atoms with Gasteiger partial charge in [-0.1, -0.05) is 41.3 Å². The van der Waals surface area contributed by atoms with Gasteiger partial charge in [0.2, 0.25) is 5.91 Å². The van der Waals surface area contributed by atoms with Crippen molar-refractivity contribution >= 4 is 40.8 Å². The second kappa shape index (κ2) is 11.4. The Morgan fingerprint density at radius 2 is 1.84 bits per heavy atom. The van der Waals surface area contributed by atoms with E-state index < -0.39 is 29.2 Å². The van der Waals surface area contributed by atoms with Crippen molar-refractivity contribution in [2.24, 2.45) is 23.7 Å². The Hall–Kier alpha value is -3.08. The second-order valence-corrected chi connectivity index (χ2v) is 12.6. The number of carboxylic acids is 1. The van der Waals surface area contributed by atoms with Crippen LogP contribution < -0.4 is 5.32 Å². The third-order valence-corrected chi connectivity index (χ3v) is 9.81. The van der Waals surface area contributed by atoms with Crippen molar-refractivity contribution in [3.63, 3.8) is 0 Å². The minimum atomic E-state index is -4.88. The molecular formula is C31H29Cl2F3N2O5. The van der Waals surface area contributed by atoms with Gasteiger partial charge in [0.15, 0.2) is 0 Å². The van der Waals surface area contributed by atoms with E-state index in [1.54, 1.807) is 18.2 Å². The van der Waals surface area contributed by atoms with Crippen LogP contribution in [0.25, 0.3) is 11.3 Å². The van der Waals surface area contributed by atoms with E-state index in [-0.39, 0.29) is 48.0 Å². The van der Waals surface area contributed by atoms with E-state index in [4.69, 9.17) is 37.6 Å². The SMILES string of the molecule is C[C@H]1C2CC(OCc3c(-c4c(Cl)cccc4Cl)noc3C3CC3)CC1C(C(=O)Nc1ccc(C(=O)O)c(C(F)(F)F)c1)C2. The third-order valence-electron chi connectivity index (χ3n) is 9.18. The number of hydrogen-bond acceptors (Lipinski definition) is 5. The van der Waals surface area contributed by atoms with Crippen LogP contribution in [0, 0.1) is 23.7 Å². The first kappa shape index (κ1) is 30.0. The number of nitrogens with zero attached hydrogens (tertiary/aromatic N) is 1. The maximum Gasteiger partial charge on any atom is 0.417 e. The molecule has 3 aliphatic rings. The van der Waals surface area contributed by atoms with E-state index in [1.807, 2.05) is 0 Å². The number of aromatic carboxylic acids is 1. The first-order valence-corrected chi connectivity index (χ1v) is 15.0. The van der Waals surface area contributed by atoms with E-state index >= 15 is 0 Å². The number of benzene rings is 2. The minimum Gasteiger partial charge on any atom is -0.478 e. The Kier molecular flexibility index (Phi) is 7.98. The summed E-state index contributed by atoms with van der Waals surface area (Å²) in [5, 5.41) is 17.0. The van der Waals surface area contributed by atoms with Crippen molar-refractivity contribution in [3.8, 4) is 11.3 Å². The number of amides is 1. The van der Waals surface area contributed by atoms with Gasteiger partial charge in [-0.25, -0.2) is 4.79 Å². The van der Waals surface area contributed by atoms with Gasteiger partial charge in [-0.05, 0) is 80.2 Å². The molecule has 3 aliphatic carbocycles. The number of anilines is 1. The topological polar surface area (TPSA) is 102 Å². The smallest absolute Gasteiger partial charge is 0.417 e. The summed E-state index contributed by atoms with van der Waals surface area (Å²) in [4.78, 5) is 24.6. The van der Waals surface area contributed by atoms with Crippen LogP contribution in [0.3, 0.4) is 0 Å². The number of carbonyl (C=O) groups excluding carboxylic acids is 1. The molecule has 0 radical (unpaired) electrons. The lowest BCUT2D eigenvalue weighted by Gasteiger charge is -2.34. The second-order valence-electron chi connectivity index (χ2n) is 11.8. The summed E-state index contributed by atoms with van der Waals surface area (Å²) in [6.07, 6.45) is -1.04. The highest BCUT2D eigenvalue weighted by molar-refractivity contribution is 6.39. The average molecular weight is 637 g/mol. The number of ether oxygens (including phenoxy) is 1. The first-order valence-electron chi connectivity index (χ1n) is 14.2. The number of halogens is 5. The minimum absolute atomic E-state index is 0.0213. The molecule has 1 amide bonds. The van der Waals surface area contributed by atoms with Crippen LogP contribution in [0.4, 0.5) is 18.9 Å². The molecule has 12 heteroatoms. The molecule has 0 spiro atoms. The molecule has 1 aromatic heterocycles. The van der Waals surface area contributed by atoms with Crippen LogP contribution in [0.5, 0.6) is 0 Å². The molecular weight excluding hydrogens is 608 g/mol. The van der Waals surface area contributed by atoms with E-state index in [0.717, 1.165) is 36.7 Å². The number of alkyl halides is 3. The van der Waals surface area contributed by atoms with Crippen LogP contribution in [0.15, 0.2) is 40.9 Å². The maximum absolute atomic E-state index is 13.5. The Labute approximate surface area is 255 Å². The zero-order valence-electron chi connectivity index (χ0n) is 23.1. The number of rotatable bonds is 8. The number of carboxylic acid groups (broad SMARTS) is 1. The maximum atomic E-state index is 13.5. The lowest BCUT2D eigenvalue weighted by molar-refractivity contribution is -0.138. The van der Waals surface area contributed by atoms with Gasteiger partial charge in [0.25, 0.3) is 0 Å². The highest BCUT2D eigenvalue weighted by atomic mass is 35.5. The number of aromatic nitrogens is 1. The monoisotopic (exact) mass is 636 g/mol. The fourth-order valence-corrected chi connectivity index (χ4v) is 7.40. The lowest BCUT2D eigenvalue weighted by atomic mass is 9.77. The van der Waals surface area contributed by atoms with Crippen LogP contribution in [-0.2, 0) is 22.3 Å². The van der Waals surface area contributed by atoms with Gasteiger partial charge in [0.05, 0.1) is 33.9 Å². The summed E-state index contributed by atoms with van der Waals surface area (Å²) in [6.45, 7) is 2.35. The molecule has 0 aliphatic heterocycles. The summed E-state index contributed by atoms with van der Waals surface area (Å²) < 4.78 is 52.7. The third kappa shape index (κ3) is 5.89. The Balaban J connectivity index is 1.16. The highest BCUT2D eigenvalue weighted by Gasteiger charge is 2.49. The Morgan fingerprint density at radius 3 is 2.49 bits per heavy atom. The predicted octanol–water partition coefficient (Wildman–Crippen LogP) is 8.45. The van der Waals surface area contributed by atoms with Crippen molar-refractivity contribution in [3.05, 3.63) is 68.9 Å². The summed E-state index contributed by atoms with van der Waals surface area (Å²) in [7, 11) is 0. The molecule has 1 heterocycles. The number of carbonyl (C=O) groups is 2. The molecule has 3 aromatic rings. The Morgan fingerprint density at radius 1 is 1.12 bits per heavy atom. The van der Waals surface area contributed by atoms with Gasteiger partial charge in [0, 0.05) is 28.7 Å². The standard InChI is InChI=1S/C31H29Cl2F3N2O5/c1-14-16-9-18(42-13-22-27(38-43-28(22)15-5-6-15)26-24(32)3-2-4-25(26)33)12-20(14)21(10-16)29(39)37-17-7-8-19(30(40)41)23(11-17)31(34,35)36/h2-4,7-8,11,14-16,18,20-21H,5-6,9-10,12-13H2,1H3,(H,37,39)(H,40,41)/t14-,16?,18?,20?,21?/m0/s1. The summed E-state index contributed by atoms with van der Waals surface area (Å²) in [6, 6.07) is 7.98. The van der Waals surface area contributed by atoms with Crippen molar-refractivity contribution in [1.29, 1.82) is 0 Å². The van der Waals surface area contributed by atoms with Crippen LogP contribution in [-0.4, -0.2) is 28.2 Å². The molecule has 2 bridgehead atoms. The largest absolute Gasteiger partial charge is 0.478 e. The summed E-state index contributed by atoms with van der Waals surface area (Å²) >= 11 is 13.0. The molecule has 3 saturated carbocycles. The van der Waals surface area contributed by atoms with Crippen molar-refractivity contribution in [2.75, 3.05) is 5.32 Å². The number of fused-ring (bicyclic) bond motifs is 2. The quantitative estimate of drug-likeness (QED) is 0.257. The van der Waals surface area contributed by atoms with Gasteiger partial charge in [-0.2, -0.15) is 13.2 Å². The zero-order chi connectivity index (χ0) is 30.6. The number of hydrogen-bond donors (Lipinski definition) is 2. The van der Waals surface area contributed by atoms with Crippen LogP contribution >= 0.6 is 23.2 Å².